The molecule has 1 aliphatic carbocycles. The largest absolute Gasteiger partial charge is 0.381 e. The number of aromatic nitrogens is 5. The maximum atomic E-state index is 14.1. The Balaban J connectivity index is 0.000000158. The van der Waals surface area contributed by atoms with E-state index < -0.39 is 0 Å². The summed E-state index contributed by atoms with van der Waals surface area (Å²) in [4.78, 5) is 13.1. The van der Waals surface area contributed by atoms with Gasteiger partial charge in [0.25, 0.3) is 0 Å². The molecule has 4 aromatic rings. The fraction of sp³-hybridized carbons (Fsp3) is 0.385. The van der Waals surface area contributed by atoms with E-state index in [1.54, 1.807) is 24.4 Å². The Morgan fingerprint density at radius 1 is 0.971 bits per heavy atom. The van der Waals surface area contributed by atoms with Crippen LogP contribution in [-0.2, 0) is 4.74 Å². The average molecular weight is 482 g/mol. The zero-order valence-corrected chi connectivity index (χ0v) is 20.3. The predicted octanol–water partition coefficient (Wildman–Crippen LogP) is 6.51. The third-order valence-electron chi connectivity index (χ3n) is 5.73. The van der Waals surface area contributed by atoms with Gasteiger partial charge in [0.1, 0.15) is 11.3 Å². The van der Waals surface area contributed by atoms with Gasteiger partial charge >= 0.3 is 0 Å². The van der Waals surface area contributed by atoms with Crippen LogP contribution in [0, 0.1) is 19.7 Å². The molecule has 1 aliphatic heterocycles. The minimum absolute atomic E-state index is 0.364. The van der Waals surface area contributed by atoms with Crippen LogP contribution in [0.5, 0.6) is 0 Å². The van der Waals surface area contributed by atoms with E-state index in [2.05, 4.69) is 20.1 Å². The first kappa shape index (κ1) is 24.2. The Hall–Kier alpha value is -2.90. The number of nitrogens with zero attached hydrogens (tertiary/aromatic N) is 5. The summed E-state index contributed by atoms with van der Waals surface area (Å²) in [5.41, 5.74) is 3.84. The summed E-state index contributed by atoms with van der Waals surface area (Å²) >= 11 is 5.79. The molecule has 1 aromatic carbocycles. The van der Waals surface area contributed by atoms with Crippen LogP contribution in [0.2, 0.25) is 5.02 Å². The van der Waals surface area contributed by atoms with Crippen LogP contribution in [0.15, 0.2) is 48.9 Å². The zero-order chi connectivity index (χ0) is 23.9. The van der Waals surface area contributed by atoms with E-state index in [-0.39, 0.29) is 5.82 Å². The van der Waals surface area contributed by atoms with Crippen molar-refractivity contribution in [3.8, 4) is 11.1 Å². The van der Waals surface area contributed by atoms with E-state index in [4.69, 9.17) is 16.3 Å². The molecule has 0 amide bonds. The highest BCUT2D eigenvalue weighted by Crippen LogP contribution is 2.33. The zero-order valence-electron chi connectivity index (χ0n) is 19.5. The average Bonchev–Trinajstić information content (AvgIpc) is 3.55. The molecule has 3 aromatic heterocycles. The smallest absolute Gasteiger partial charge is 0.179 e. The Morgan fingerprint density at radius 3 is 2.32 bits per heavy atom. The van der Waals surface area contributed by atoms with E-state index in [1.165, 1.54) is 38.2 Å². The van der Waals surface area contributed by atoms with Crippen LogP contribution < -0.4 is 0 Å². The van der Waals surface area contributed by atoms with Gasteiger partial charge in [0, 0.05) is 48.0 Å². The second kappa shape index (κ2) is 11.5. The monoisotopic (exact) mass is 481 g/mol. The molecule has 6 nitrogen and oxygen atoms in total. The lowest BCUT2D eigenvalue weighted by molar-refractivity contribution is 0.0968. The van der Waals surface area contributed by atoms with E-state index >= 15 is 0 Å². The number of pyridine rings is 1. The van der Waals surface area contributed by atoms with E-state index in [0.29, 0.717) is 27.3 Å². The molecule has 0 unspecified atom stereocenters. The van der Waals surface area contributed by atoms with Gasteiger partial charge in [-0.25, -0.2) is 19.3 Å². The molecular weight excluding hydrogens is 453 g/mol. The Morgan fingerprint density at radius 2 is 1.74 bits per heavy atom. The number of hydrogen-bond acceptors (Lipinski definition) is 5. The number of halogens is 2. The molecule has 8 heteroatoms. The Kier molecular flexibility index (Phi) is 8.19. The summed E-state index contributed by atoms with van der Waals surface area (Å²) < 4.78 is 21.2. The van der Waals surface area contributed by atoms with E-state index in [0.717, 1.165) is 30.6 Å². The molecule has 34 heavy (non-hydrogen) atoms. The molecule has 178 valence electrons. The molecule has 4 heterocycles. The summed E-state index contributed by atoms with van der Waals surface area (Å²) in [6, 6.07) is 9.03. The van der Waals surface area contributed by atoms with Crippen LogP contribution >= 0.6 is 11.6 Å². The first-order valence-electron chi connectivity index (χ1n) is 11.6. The number of aryl methyl sites for hydroxylation is 2. The van der Waals surface area contributed by atoms with Crippen molar-refractivity contribution < 1.29 is 9.13 Å². The SMILES string of the molecule is C1CCOCC1.Cc1nc2nccc(-c3ccc(Cl)cc3F)c2nc1C.c1cnn(C2CC2)c1. The molecule has 0 bridgehead atoms. The maximum Gasteiger partial charge on any atom is 0.179 e. The van der Waals surface area contributed by atoms with Crippen LogP contribution in [0.3, 0.4) is 0 Å². The number of hydrogen-bond donors (Lipinski definition) is 0. The first-order chi connectivity index (χ1) is 16.5. The second-order valence-electron chi connectivity index (χ2n) is 8.44. The predicted molar refractivity (Wildman–Crippen MR) is 132 cm³/mol. The van der Waals surface area contributed by atoms with Gasteiger partial charge in [0.2, 0.25) is 0 Å². The molecule has 0 atom stereocenters. The summed E-state index contributed by atoms with van der Waals surface area (Å²) in [6.45, 7) is 5.75. The van der Waals surface area contributed by atoms with Crippen LogP contribution in [0.4, 0.5) is 4.39 Å². The molecule has 2 fully saturated rings. The second-order valence-corrected chi connectivity index (χ2v) is 8.88. The summed E-state index contributed by atoms with van der Waals surface area (Å²) in [5.74, 6) is -0.384. The molecule has 0 N–H and O–H groups in total. The van der Waals surface area contributed by atoms with Crippen LogP contribution in [0.1, 0.15) is 49.5 Å². The topological polar surface area (TPSA) is 65.7 Å². The molecule has 0 radical (unpaired) electrons. The van der Waals surface area contributed by atoms with Crippen molar-refractivity contribution in [2.45, 2.75) is 52.0 Å². The lowest BCUT2D eigenvalue weighted by Gasteiger charge is -2.08. The number of benzene rings is 1. The lowest BCUT2D eigenvalue weighted by atomic mass is 10.1. The van der Waals surface area contributed by atoms with Gasteiger partial charge in [-0.2, -0.15) is 5.10 Å². The van der Waals surface area contributed by atoms with Crippen molar-refractivity contribution in [2.24, 2.45) is 0 Å². The molecule has 1 saturated carbocycles. The summed E-state index contributed by atoms with van der Waals surface area (Å²) in [5, 5.41) is 4.46. The normalized spacial score (nSPS) is 15.2. The van der Waals surface area contributed by atoms with Crippen molar-refractivity contribution in [1.82, 2.24) is 24.7 Å². The van der Waals surface area contributed by atoms with Crippen molar-refractivity contribution in [3.05, 3.63) is 71.2 Å². The molecule has 0 spiro atoms. The van der Waals surface area contributed by atoms with Gasteiger partial charge in [-0.3, -0.25) is 4.68 Å². The first-order valence-corrected chi connectivity index (χ1v) is 12.0. The highest BCUT2D eigenvalue weighted by Gasteiger charge is 2.22. The van der Waals surface area contributed by atoms with Gasteiger partial charge in [-0.15, -0.1) is 0 Å². The summed E-state index contributed by atoms with van der Waals surface area (Å²) in [7, 11) is 0. The van der Waals surface area contributed by atoms with Gasteiger partial charge in [-0.1, -0.05) is 11.6 Å². The lowest BCUT2D eigenvalue weighted by Crippen LogP contribution is -2.03. The summed E-state index contributed by atoms with van der Waals surface area (Å²) in [6.07, 6.45) is 12.0. The van der Waals surface area contributed by atoms with E-state index in [9.17, 15) is 4.39 Å². The number of fused-ring (bicyclic) bond motifs is 1. The van der Waals surface area contributed by atoms with Crippen molar-refractivity contribution >= 4 is 22.8 Å². The van der Waals surface area contributed by atoms with Gasteiger partial charge < -0.3 is 4.74 Å². The molecule has 2 aliphatic rings. The highest BCUT2D eigenvalue weighted by atomic mass is 35.5. The van der Waals surface area contributed by atoms with Crippen molar-refractivity contribution in [2.75, 3.05) is 13.2 Å². The van der Waals surface area contributed by atoms with Gasteiger partial charge in [0.05, 0.1) is 17.4 Å². The number of ether oxygens (including phenoxy) is 1. The third-order valence-corrected chi connectivity index (χ3v) is 5.96. The van der Waals surface area contributed by atoms with Crippen molar-refractivity contribution in [1.29, 1.82) is 0 Å². The Labute approximate surface area is 204 Å². The minimum Gasteiger partial charge on any atom is -0.381 e. The third kappa shape index (κ3) is 6.36. The standard InChI is InChI=1S/C15H11ClFN3.C6H8N2.C5H10O/c1-8-9(2)20-15-14(19-8)12(5-6-18-15)11-4-3-10(16)7-13(11)17;1-4-7-8(5-1)6-2-3-6;1-2-4-6-5-3-1/h3-7H,1-2H3;1,4-6H,2-3H2;1-5H2. The molecular formula is C26H29ClFN5O. The molecule has 1 saturated heterocycles. The van der Waals surface area contributed by atoms with Gasteiger partial charge in [-0.05, 0) is 76.3 Å². The Bertz CT molecular complexity index is 1210. The number of rotatable bonds is 2. The van der Waals surface area contributed by atoms with Crippen LogP contribution in [0.25, 0.3) is 22.3 Å². The van der Waals surface area contributed by atoms with E-state index in [1.807, 2.05) is 37.0 Å². The van der Waals surface area contributed by atoms with Crippen LogP contribution in [-0.4, -0.2) is 37.9 Å². The fourth-order valence-electron chi connectivity index (χ4n) is 3.57. The maximum absolute atomic E-state index is 14.1. The fourth-order valence-corrected chi connectivity index (χ4v) is 3.73. The van der Waals surface area contributed by atoms with Gasteiger partial charge in [0.15, 0.2) is 5.65 Å². The quantitative estimate of drug-likeness (QED) is 0.326. The van der Waals surface area contributed by atoms with Crippen molar-refractivity contribution in [3.63, 3.8) is 0 Å². The molecule has 6 rings (SSSR count). The highest BCUT2D eigenvalue weighted by molar-refractivity contribution is 6.30. The minimum atomic E-state index is -0.384.